The number of rotatable bonds is 3. The molecule has 0 saturated heterocycles. The minimum Gasteiger partial charge on any atom is -0.324 e. The van der Waals surface area contributed by atoms with Crippen LogP contribution < -0.4 is 5.73 Å². The van der Waals surface area contributed by atoms with Crippen LogP contribution in [-0.2, 0) is 0 Å². The molecule has 0 aliphatic heterocycles. The molecule has 1 atom stereocenters. The van der Waals surface area contributed by atoms with Crippen molar-refractivity contribution in [1.29, 1.82) is 0 Å². The third-order valence-corrected chi connectivity index (χ3v) is 2.64. The molecule has 0 bridgehead atoms. The molecule has 16 heavy (non-hydrogen) atoms. The first kappa shape index (κ1) is 12.9. The Balaban J connectivity index is 0.00000128. The monoisotopic (exact) mass is 239 g/mol. The van der Waals surface area contributed by atoms with Gasteiger partial charge in [0.05, 0.1) is 6.67 Å². The maximum atomic E-state index is 12.2. The molecule has 0 spiro atoms. The molecule has 0 aliphatic carbocycles. The normalized spacial score (nSPS) is 12.1. The van der Waals surface area contributed by atoms with Crippen molar-refractivity contribution in [3.05, 3.63) is 48.0 Å². The average molecular weight is 240 g/mol. The van der Waals surface area contributed by atoms with Gasteiger partial charge >= 0.3 is 0 Å². The van der Waals surface area contributed by atoms with Crippen molar-refractivity contribution in [3.63, 3.8) is 0 Å². The fourth-order valence-corrected chi connectivity index (χ4v) is 1.85. The molecule has 0 unspecified atom stereocenters. The zero-order valence-corrected chi connectivity index (χ0v) is 9.71. The molecule has 2 N–H and O–H groups in total. The van der Waals surface area contributed by atoms with E-state index in [0.29, 0.717) is 6.42 Å². The SMILES string of the molecule is Cl.N[C@H](CCF)c1cccc2ccccc12. The van der Waals surface area contributed by atoms with Crippen molar-refractivity contribution in [2.24, 2.45) is 5.73 Å². The zero-order chi connectivity index (χ0) is 10.7. The summed E-state index contributed by atoms with van der Waals surface area (Å²) in [5.74, 6) is 0. The Kier molecular flexibility index (Phi) is 4.71. The number of hydrogen-bond donors (Lipinski definition) is 1. The molecule has 0 fully saturated rings. The second-order valence-electron chi connectivity index (χ2n) is 3.65. The summed E-state index contributed by atoms with van der Waals surface area (Å²) in [5, 5.41) is 2.28. The van der Waals surface area contributed by atoms with E-state index >= 15 is 0 Å². The summed E-state index contributed by atoms with van der Waals surface area (Å²) in [6, 6.07) is 13.8. The van der Waals surface area contributed by atoms with Gasteiger partial charge in [0, 0.05) is 6.04 Å². The van der Waals surface area contributed by atoms with Crippen LogP contribution in [0.25, 0.3) is 10.8 Å². The molecule has 86 valence electrons. The highest BCUT2D eigenvalue weighted by molar-refractivity contribution is 5.86. The number of fused-ring (bicyclic) bond motifs is 1. The molecular formula is C13H15ClFN. The van der Waals surface area contributed by atoms with E-state index in [2.05, 4.69) is 0 Å². The van der Waals surface area contributed by atoms with E-state index in [4.69, 9.17) is 5.73 Å². The van der Waals surface area contributed by atoms with Crippen LogP contribution in [0, 0.1) is 0 Å². The Morgan fingerprint density at radius 1 is 1.06 bits per heavy atom. The minimum atomic E-state index is -0.371. The molecule has 0 aliphatic rings. The molecule has 2 rings (SSSR count). The van der Waals surface area contributed by atoms with Crippen molar-refractivity contribution in [3.8, 4) is 0 Å². The van der Waals surface area contributed by atoms with Crippen LogP contribution in [0.3, 0.4) is 0 Å². The Hall–Kier alpha value is -1.12. The predicted molar refractivity (Wildman–Crippen MR) is 68.7 cm³/mol. The number of alkyl halides is 1. The fraction of sp³-hybridized carbons (Fsp3) is 0.231. The van der Waals surface area contributed by atoms with Gasteiger partial charge in [-0.2, -0.15) is 0 Å². The van der Waals surface area contributed by atoms with Crippen LogP contribution in [0.4, 0.5) is 4.39 Å². The van der Waals surface area contributed by atoms with E-state index < -0.39 is 0 Å². The molecule has 2 aromatic rings. The third-order valence-electron chi connectivity index (χ3n) is 2.64. The maximum absolute atomic E-state index is 12.2. The molecule has 2 aromatic carbocycles. The smallest absolute Gasteiger partial charge is 0.0912 e. The Labute approximate surface area is 101 Å². The van der Waals surface area contributed by atoms with Crippen molar-refractivity contribution >= 4 is 23.2 Å². The first-order valence-electron chi connectivity index (χ1n) is 5.12. The summed E-state index contributed by atoms with van der Waals surface area (Å²) in [6.07, 6.45) is 0.383. The lowest BCUT2D eigenvalue weighted by atomic mass is 9.98. The highest BCUT2D eigenvalue weighted by Gasteiger charge is 2.08. The van der Waals surface area contributed by atoms with Crippen molar-refractivity contribution in [2.75, 3.05) is 6.67 Å². The molecule has 3 heteroatoms. The number of halogens is 2. The van der Waals surface area contributed by atoms with E-state index in [1.54, 1.807) is 0 Å². The number of benzene rings is 2. The Bertz CT molecular complexity index is 453. The van der Waals surface area contributed by atoms with E-state index in [9.17, 15) is 4.39 Å². The second-order valence-corrected chi connectivity index (χ2v) is 3.65. The lowest BCUT2D eigenvalue weighted by Gasteiger charge is -2.12. The molecule has 1 nitrogen and oxygen atoms in total. The summed E-state index contributed by atoms with van der Waals surface area (Å²) >= 11 is 0. The quantitative estimate of drug-likeness (QED) is 0.870. The lowest BCUT2D eigenvalue weighted by Crippen LogP contribution is -2.11. The van der Waals surface area contributed by atoms with Gasteiger partial charge in [-0.25, -0.2) is 0 Å². The summed E-state index contributed by atoms with van der Waals surface area (Å²) in [5.41, 5.74) is 6.96. The van der Waals surface area contributed by atoms with Gasteiger partial charge < -0.3 is 5.73 Å². The molecule has 0 saturated carbocycles. The molecule has 0 heterocycles. The topological polar surface area (TPSA) is 26.0 Å². The van der Waals surface area contributed by atoms with Gasteiger partial charge in [-0.15, -0.1) is 12.4 Å². The molecule has 0 aromatic heterocycles. The van der Waals surface area contributed by atoms with Crippen molar-refractivity contribution < 1.29 is 4.39 Å². The molecule has 0 amide bonds. The van der Waals surface area contributed by atoms with Crippen LogP contribution in [-0.4, -0.2) is 6.67 Å². The lowest BCUT2D eigenvalue weighted by molar-refractivity contribution is 0.443. The van der Waals surface area contributed by atoms with Gasteiger partial charge in [-0.1, -0.05) is 42.5 Å². The van der Waals surface area contributed by atoms with E-state index in [1.165, 1.54) is 0 Å². The standard InChI is InChI=1S/C13H14FN.ClH/c14-9-8-13(15)12-7-3-5-10-4-1-2-6-11(10)12;/h1-7,13H,8-9,15H2;1H/t13-;/m1./s1. The summed E-state index contributed by atoms with van der Waals surface area (Å²) in [7, 11) is 0. The summed E-state index contributed by atoms with van der Waals surface area (Å²) < 4.78 is 12.2. The maximum Gasteiger partial charge on any atom is 0.0912 e. The largest absolute Gasteiger partial charge is 0.324 e. The van der Waals surface area contributed by atoms with Gasteiger partial charge in [-0.05, 0) is 22.8 Å². The van der Waals surface area contributed by atoms with Gasteiger partial charge in [-0.3, -0.25) is 4.39 Å². The molecular weight excluding hydrogens is 225 g/mol. The van der Waals surface area contributed by atoms with E-state index in [-0.39, 0.29) is 25.1 Å². The number of nitrogens with two attached hydrogens (primary N) is 1. The fourth-order valence-electron chi connectivity index (χ4n) is 1.85. The van der Waals surface area contributed by atoms with Crippen LogP contribution in [0.2, 0.25) is 0 Å². The van der Waals surface area contributed by atoms with E-state index in [0.717, 1.165) is 16.3 Å². The van der Waals surface area contributed by atoms with Gasteiger partial charge in [0.1, 0.15) is 0 Å². The first-order valence-corrected chi connectivity index (χ1v) is 5.12. The summed E-state index contributed by atoms with van der Waals surface area (Å²) in [6.45, 7) is -0.371. The first-order chi connectivity index (χ1) is 7.33. The average Bonchev–Trinajstić information content (AvgIpc) is 2.28. The van der Waals surface area contributed by atoms with Crippen LogP contribution in [0.15, 0.2) is 42.5 Å². The highest BCUT2D eigenvalue weighted by Crippen LogP contribution is 2.24. The van der Waals surface area contributed by atoms with Crippen molar-refractivity contribution in [1.82, 2.24) is 0 Å². The number of hydrogen-bond acceptors (Lipinski definition) is 1. The second kappa shape index (κ2) is 5.83. The highest BCUT2D eigenvalue weighted by atomic mass is 35.5. The van der Waals surface area contributed by atoms with Crippen LogP contribution >= 0.6 is 12.4 Å². The van der Waals surface area contributed by atoms with Gasteiger partial charge in [0.2, 0.25) is 0 Å². The Morgan fingerprint density at radius 3 is 2.50 bits per heavy atom. The van der Waals surface area contributed by atoms with E-state index in [1.807, 2.05) is 42.5 Å². The molecule has 0 radical (unpaired) electrons. The predicted octanol–water partition coefficient (Wildman–Crippen LogP) is 3.62. The van der Waals surface area contributed by atoms with Crippen LogP contribution in [0.5, 0.6) is 0 Å². The third kappa shape index (κ3) is 2.52. The van der Waals surface area contributed by atoms with Crippen molar-refractivity contribution in [2.45, 2.75) is 12.5 Å². The van der Waals surface area contributed by atoms with Crippen LogP contribution in [0.1, 0.15) is 18.0 Å². The van der Waals surface area contributed by atoms with Gasteiger partial charge in [0.25, 0.3) is 0 Å². The Morgan fingerprint density at radius 2 is 1.75 bits per heavy atom. The van der Waals surface area contributed by atoms with Gasteiger partial charge in [0.15, 0.2) is 0 Å². The summed E-state index contributed by atoms with van der Waals surface area (Å²) in [4.78, 5) is 0. The minimum absolute atomic E-state index is 0. The zero-order valence-electron chi connectivity index (χ0n) is 8.90.